The van der Waals surface area contributed by atoms with E-state index in [1.165, 1.54) is 6.07 Å². The van der Waals surface area contributed by atoms with Gasteiger partial charge in [-0.05, 0) is 73.4 Å². The molecule has 4 rings (SSSR count). The Morgan fingerprint density at radius 3 is 2.40 bits per heavy atom. The van der Waals surface area contributed by atoms with Crippen molar-refractivity contribution in [2.75, 3.05) is 5.32 Å². The average molecular weight is 430 g/mol. The maximum Gasteiger partial charge on any atom is 0.309 e. The van der Waals surface area contributed by atoms with Crippen molar-refractivity contribution < 1.29 is 19.1 Å². The fourth-order valence-electron chi connectivity index (χ4n) is 4.59. The minimum Gasteiger partial charge on any atom is -0.481 e. The van der Waals surface area contributed by atoms with Crippen LogP contribution in [-0.2, 0) is 16.0 Å². The zero-order valence-corrected chi connectivity index (χ0v) is 17.4. The van der Waals surface area contributed by atoms with Crippen LogP contribution in [0.4, 0.5) is 10.1 Å². The second-order valence-electron chi connectivity index (χ2n) is 8.64. The van der Waals surface area contributed by atoms with Crippen LogP contribution in [0, 0.1) is 17.2 Å². The smallest absolute Gasteiger partial charge is 0.309 e. The van der Waals surface area contributed by atoms with Crippen molar-refractivity contribution in [2.24, 2.45) is 11.3 Å². The molecule has 2 aliphatic rings. The van der Waals surface area contributed by atoms with Gasteiger partial charge in [0.1, 0.15) is 5.82 Å². The van der Waals surface area contributed by atoms with E-state index in [2.05, 4.69) is 5.32 Å². The number of carbonyl (C=O) groups is 2. The third-order valence-corrected chi connectivity index (χ3v) is 6.77. The van der Waals surface area contributed by atoms with Crippen LogP contribution >= 0.6 is 11.6 Å². The summed E-state index contributed by atoms with van der Waals surface area (Å²) in [5.74, 6) is -1.74. The molecule has 4 nitrogen and oxygen atoms in total. The average Bonchev–Trinajstić information content (AvgIpc) is 3.31. The monoisotopic (exact) mass is 429 g/mol. The molecule has 2 aromatic carbocycles. The maximum absolute atomic E-state index is 14.5. The molecule has 2 aliphatic carbocycles. The standard InChI is InChI=1S/C24H25ClFNO3/c25-18-8-6-17(7-9-18)21(16-3-1-2-4-16)22(28)27-20-13-15(5-10-19(20)26)14-24(11-12-24)23(29)30/h5-10,13,16,21H,1-4,11-12,14H2,(H,27,28)(H,29,30)/t21-/m1/s1. The van der Waals surface area contributed by atoms with E-state index < -0.39 is 17.2 Å². The first-order chi connectivity index (χ1) is 14.4. The third-order valence-electron chi connectivity index (χ3n) is 6.52. The zero-order chi connectivity index (χ0) is 21.3. The minimum atomic E-state index is -0.818. The fraction of sp³-hybridized carbons (Fsp3) is 0.417. The summed E-state index contributed by atoms with van der Waals surface area (Å²) < 4.78 is 14.5. The van der Waals surface area contributed by atoms with Crippen LogP contribution in [-0.4, -0.2) is 17.0 Å². The van der Waals surface area contributed by atoms with E-state index in [0.717, 1.165) is 36.8 Å². The van der Waals surface area contributed by atoms with Crippen LogP contribution in [0.5, 0.6) is 0 Å². The highest BCUT2D eigenvalue weighted by molar-refractivity contribution is 6.30. The molecule has 0 aliphatic heterocycles. The van der Waals surface area contributed by atoms with E-state index in [-0.39, 0.29) is 23.4 Å². The molecule has 0 saturated heterocycles. The number of benzene rings is 2. The molecule has 6 heteroatoms. The normalized spacial score (nSPS) is 18.7. The maximum atomic E-state index is 14.5. The molecule has 1 amide bonds. The van der Waals surface area contributed by atoms with Gasteiger partial charge in [0.15, 0.2) is 0 Å². The summed E-state index contributed by atoms with van der Waals surface area (Å²) >= 11 is 6.01. The number of hydrogen-bond acceptors (Lipinski definition) is 2. The van der Waals surface area contributed by atoms with E-state index in [0.29, 0.717) is 24.3 Å². The molecule has 2 aromatic rings. The predicted octanol–water partition coefficient (Wildman–Crippen LogP) is 5.80. The van der Waals surface area contributed by atoms with Gasteiger partial charge >= 0.3 is 5.97 Å². The van der Waals surface area contributed by atoms with Gasteiger partial charge in [-0.3, -0.25) is 9.59 Å². The lowest BCUT2D eigenvalue weighted by Gasteiger charge is -2.23. The molecule has 2 N–H and O–H groups in total. The molecule has 0 unspecified atom stereocenters. The van der Waals surface area contributed by atoms with Crippen molar-refractivity contribution >= 4 is 29.2 Å². The number of anilines is 1. The van der Waals surface area contributed by atoms with Gasteiger partial charge in [-0.2, -0.15) is 0 Å². The van der Waals surface area contributed by atoms with Crippen LogP contribution in [0.1, 0.15) is 55.6 Å². The van der Waals surface area contributed by atoms with Crippen molar-refractivity contribution in [3.63, 3.8) is 0 Å². The Kier molecular flexibility index (Phi) is 5.83. The minimum absolute atomic E-state index is 0.107. The zero-order valence-electron chi connectivity index (χ0n) is 16.7. The first-order valence-electron chi connectivity index (χ1n) is 10.5. The highest BCUT2D eigenvalue weighted by Crippen LogP contribution is 2.49. The van der Waals surface area contributed by atoms with Gasteiger partial charge in [0.25, 0.3) is 0 Å². The predicted molar refractivity (Wildman–Crippen MR) is 114 cm³/mol. The molecule has 1 atom stereocenters. The first-order valence-corrected chi connectivity index (χ1v) is 10.8. The third kappa shape index (κ3) is 4.36. The van der Waals surface area contributed by atoms with E-state index in [1.54, 1.807) is 24.3 Å². The SMILES string of the molecule is O=C(Nc1cc(CC2(C(=O)O)CC2)ccc1F)[C@@H](c1ccc(Cl)cc1)C1CCCC1. The number of nitrogens with one attached hydrogen (secondary N) is 1. The summed E-state index contributed by atoms with van der Waals surface area (Å²) in [5, 5.41) is 12.8. The number of halogens is 2. The number of hydrogen-bond donors (Lipinski definition) is 2. The Morgan fingerprint density at radius 2 is 1.80 bits per heavy atom. The Hall–Kier alpha value is -2.40. The Labute approximate surface area is 180 Å². The van der Waals surface area contributed by atoms with Crippen molar-refractivity contribution in [1.82, 2.24) is 0 Å². The number of carbonyl (C=O) groups excluding carboxylic acids is 1. The van der Waals surface area contributed by atoms with Gasteiger partial charge < -0.3 is 10.4 Å². The molecular weight excluding hydrogens is 405 g/mol. The van der Waals surface area contributed by atoms with Gasteiger partial charge in [-0.1, -0.05) is 42.6 Å². The van der Waals surface area contributed by atoms with Crippen LogP contribution in [0.15, 0.2) is 42.5 Å². The Balaban J connectivity index is 1.56. The van der Waals surface area contributed by atoms with E-state index in [9.17, 15) is 19.1 Å². The van der Waals surface area contributed by atoms with Gasteiger partial charge in [-0.25, -0.2) is 4.39 Å². The fourth-order valence-corrected chi connectivity index (χ4v) is 4.72. The summed E-state index contributed by atoms with van der Waals surface area (Å²) in [4.78, 5) is 24.7. The second-order valence-corrected chi connectivity index (χ2v) is 9.08. The van der Waals surface area contributed by atoms with Crippen molar-refractivity contribution in [2.45, 2.75) is 50.9 Å². The molecule has 0 aromatic heterocycles. The first kappa shape index (κ1) is 20.9. The lowest BCUT2D eigenvalue weighted by molar-refractivity contribution is -0.143. The lowest BCUT2D eigenvalue weighted by Crippen LogP contribution is -2.27. The quantitative estimate of drug-likeness (QED) is 0.584. The molecule has 0 heterocycles. The number of carboxylic acids is 1. The van der Waals surface area contributed by atoms with Gasteiger partial charge in [0, 0.05) is 5.02 Å². The number of amides is 1. The van der Waals surface area contributed by atoms with E-state index in [4.69, 9.17) is 11.6 Å². The molecule has 30 heavy (non-hydrogen) atoms. The Bertz CT molecular complexity index is 949. The highest BCUT2D eigenvalue weighted by Gasteiger charge is 2.50. The number of carboxylic acid groups (broad SMARTS) is 1. The van der Waals surface area contributed by atoms with Crippen LogP contribution < -0.4 is 5.32 Å². The summed E-state index contributed by atoms with van der Waals surface area (Å²) in [6, 6.07) is 11.7. The Morgan fingerprint density at radius 1 is 1.13 bits per heavy atom. The van der Waals surface area contributed by atoms with Gasteiger partial charge in [0.05, 0.1) is 17.0 Å². The van der Waals surface area contributed by atoms with Crippen LogP contribution in [0.25, 0.3) is 0 Å². The van der Waals surface area contributed by atoms with E-state index >= 15 is 0 Å². The molecule has 0 bridgehead atoms. The highest BCUT2D eigenvalue weighted by atomic mass is 35.5. The second kappa shape index (κ2) is 8.38. The number of aliphatic carboxylic acids is 1. The van der Waals surface area contributed by atoms with Crippen LogP contribution in [0.2, 0.25) is 5.02 Å². The van der Waals surface area contributed by atoms with Crippen LogP contribution in [0.3, 0.4) is 0 Å². The van der Waals surface area contributed by atoms with Gasteiger partial charge in [0.2, 0.25) is 5.91 Å². The molecule has 2 fully saturated rings. The molecule has 0 spiro atoms. The molecule has 2 saturated carbocycles. The molecule has 0 radical (unpaired) electrons. The van der Waals surface area contributed by atoms with Crippen molar-refractivity contribution in [1.29, 1.82) is 0 Å². The summed E-state index contributed by atoms with van der Waals surface area (Å²) in [6.45, 7) is 0. The molecular formula is C24H25ClFNO3. The van der Waals surface area contributed by atoms with Crippen molar-refractivity contribution in [3.8, 4) is 0 Å². The summed E-state index contributed by atoms with van der Waals surface area (Å²) in [6.07, 6.45) is 5.69. The topological polar surface area (TPSA) is 66.4 Å². The van der Waals surface area contributed by atoms with E-state index in [1.807, 2.05) is 12.1 Å². The summed E-state index contributed by atoms with van der Waals surface area (Å²) in [5.41, 5.74) is 0.962. The number of rotatable bonds is 7. The summed E-state index contributed by atoms with van der Waals surface area (Å²) in [7, 11) is 0. The lowest BCUT2D eigenvalue weighted by atomic mass is 9.84. The molecule has 158 valence electrons. The van der Waals surface area contributed by atoms with Crippen molar-refractivity contribution in [3.05, 3.63) is 64.4 Å². The largest absolute Gasteiger partial charge is 0.481 e. The van der Waals surface area contributed by atoms with Gasteiger partial charge in [-0.15, -0.1) is 0 Å².